The monoisotopic (exact) mass is 314 g/mol. The predicted octanol–water partition coefficient (Wildman–Crippen LogP) is 4.36. The minimum Gasteiger partial charge on any atom is -0.366 e. The Balaban J connectivity index is 2.08. The molecule has 0 spiro atoms. The summed E-state index contributed by atoms with van der Waals surface area (Å²) in [5.41, 5.74) is 0.142. The molecule has 1 unspecified atom stereocenters. The van der Waals surface area contributed by atoms with Gasteiger partial charge in [0.2, 0.25) is 0 Å². The number of halogens is 4. The third-order valence-corrected chi connectivity index (χ3v) is 3.28. The van der Waals surface area contributed by atoms with Gasteiger partial charge in [-0.15, -0.1) is 11.6 Å². The van der Waals surface area contributed by atoms with Gasteiger partial charge in [-0.25, -0.2) is 4.98 Å². The van der Waals surface area contributed by atoms with E-state index in [1.54, 1.807) is 0 Å². The van der Waals surface area contributed by atoms with Gasteiger partial charge in [-0.3, -0.25) is 0 Å². The van der Waals surface area contributed by atoms with Crippen LogP contribution in [0.15, 0.2) is 48.5 Å². The summed E-state index contributed by atoms with van der Waals surface area (Å²) in [6.45, 7) is 0. The minimum absolute atomic E-state index is 0.173. The largest absolute Gasteiger partial charge is 0.433 e. The molecule has 2 rings (SSSR count). The fraction of sp³-hybridized carbons (Fsp3) is 0.267. The summed E-state index contributed by atoms with van der Waals surface area (Å²) in [5.74, 6) is 0.443. The fourth-order valence-electron chi connectivity index (χ4n) is 1.92. The van der Waals surface area contributed by atoms with Crippen LogP contribution in [0.2, 0.25) is 0 Å². The van der Waals surface area contributed by atoms with Crippen LogP contribution in [0.3, 0.4) is 0 Å². The Morgan fingerprint density at radius 1 is 1.05 bits per heavy atom. The molecule has 0 aliphatic rings. The van der Waals surface area contributed by atoms with Gasteiger partial charge in [0, 0.05) is 11.9 Å². The molecule has 2 aromatic rings. The molecular formula is C15H14ClF3N2. The number of anilines is 1. The summed E-state index contributed by atoms with van der Waals surface area (Å²) in [4.78, 5) is 3.58. The first-order valence-corrected chi connectivity index (χ1v) is 6.93. The summed E-state index contributed by atoms with van der Waals surface area (Å²) in [7, 11) is 0. The SMILES string of the molecule is FC(F)(F)c1cccc(NC(CCl)Cc2ccccc2)n1. The normalized spacial score (nSPS) is 13.0. The van der Waals surface area contributed by atoms with Gasteiger partial charge in [0.15, 0.2) is 0 Å². The summed E-state index contributed by atoms with van der Waals surface area (Å²) in [6, 6.07) is 13.2. The molecule has 1 N–H and O–H groups in total. The first-order valence-electron chi connectivity index (χ1n) is 6.39. The van der Waals surface area contributed by atoms with E-state index in [2.05, 4.69) is 10.3 Å². The Morgan fingerprint density at radius 2 is 1.76 bits per heavy atom. The van der Waals surface area contributed by atoms with E-state index < -0.39 is 11.9 Å². The van der Waals surface area contributed by atoms with Crippen molar-refractivity contribution in [1.29, 1.82) is 0 Å². The van der Waals surface area contributed by atoms with Crippen molar-refractivity contribution in [1.82, 2.24) is 4.98 Å². The van der Waals surface area contributed by atoms with Crippen molar-refractivity contribution in [3.05, 3.63) is 59.8 Å². The van der Waals surface area contributed by atoms with Crippen LogP contribution >= 0.6 is 11.6 Å². The van der Waals surface area contributed by atoms with E-state index in [1.807, 2.05) is 30.3 Å². The van der Waals surface area contributed by atoms with Crippen LogP contribution < -0.4 is 5.32 Å². The Bertz CT molecular complexity index is 573. The molecule has 2 nitrogen and oxygen atoms in total. The zero-order chi connectivity index (χ0) is 15.3. The second-order valence-electron chi connectivity index (χ2n) is 4.59. The number of benzene rings is 1. The number of aromatic nitrogens is 1. The molecule has 0 saturated carbocycles. The minimum atomic E-state index is -4.45. The maximum atomic E-state index is 12.6. The lowest BCUT2D eigenvalue weighted by Crippen LogP contribution is -2.25. The molecule has 1 aromatic heterocycles. The highest BCUT2D eigenvalue weighted by molar-refractivity contribution is 6.18. The lowest BCUT2D eigenvalue weighted by molar-refractivity contribution is -0.141. The van der Waals surface area contributed by atoms with Gasteiger partial charge in [0.05, 0.1) is 0 Å². The van der Waals surface area contributed by atoms with E-state index in [0.717, 1.165) is 11.6 Å². The lowest BCUT2D eigenvalue weighted by Gasteiger charge is -2.17. The van der Waals surface area contributed by atoms with E-state index in [4.69, 9.17) is 11.6 Å². The molecular weight excluding hydrogens is 301 g/mol. The maximum absolute atomic E-state index is 12.6. The van der Waals surface area contributed by atoms with E-state index in [1.165, 1.54) is 12.1 Å². The number of hydrogen-bond acceptors (Lipinski definition) is 2. The van der Waals surface area contributed by atoms with Crippen LogP contribution in [0.5, 0.6) is 0 Å². The average molecular weight is 315 g/mol. The second-order valence-corrected chi connectivity index (χ2v) is 4.90. The van der Waals surface area contributed by atoms with Gasteiger partial charge in [0.25, 0.3) is 0 Å². The maximum Gasteiger partial charge on any atom is 0.433 e. The highest BCUT2D eigenvalue weighted by Crippen LogP contribution is 2.28. The molecule has 0 radical (unpaired) electrons. The number of nitrogens with one attached hydrogen (secondary N) is 1. The molecule has 1 aromatic carbocycles. The van der Waals surface area contributed by atoms with E-state index in [-0.39, 0.29) is 17.7 Å². The molecule has 0 fully saturated rings. The van der Waals surface area contributed by atoms with Gasteiger partial charge in [-0.05, 0) is 24.1 Å². The Morgan fingerprint density at radius 3 is 2.38 bits per heavy atom. The van der Waals surface area contributed by atoms with Gasteiger partial charge < -0.3 is 5.32 Å². The molecule has 0 amide bonds. The van der Waals surface area contributed by atoms with Crippen molar-refractivity contribution in [3.8, 4) is 0 Å². The fourth-order valence-corrected chi connectivity index (χ4v) is 2.11. The molecule has 6 heteroatoms. The van der Waals surface area contributed by atoms with Gasteiger partial charge in [-0.2, -0.15) is 13.2 Å². The van der Waals surface area contributed by atoms with Crippen LogP contribution in [0.1, 0.15) is 11.3 Å². The topological polar surface area (TPSA) is 24.9 Å². The number of pyridine rings is 1. The summed E-state index contributed by atoms with van der Waals surface area (Å²) >= 11 is 5.88. The van der Waals surface area contributed by atoms with Crippen LogP contribution in [-0.2, 0) is 12.6 Å². The second kappa shape index (κ2) is 6.80. The molecule has 0 aliphatic heterocycles. The van der Waals surface area contributed by atoms with E-state index in [0.29, 0.717) is 6.42 Å². The first kappa shape index (κ1) is 15.6. The van der Waals surface area contributed by atoms with Crippen molar-refractivity contribution in [2.75, 3.05) is 11.2 Å². The predicted molar refractivity (Wildman–Crippen MR) is 77.5 cm³/mol. The number of alkyl halides is 4. The summed E-state index contributed by atoms with van der Waals surface area (Å²) < 4.78 is 37.9. The number of rotatable bonds is 5. The zero-order valence-corrected chi connectivity index (χ0v) is 11.8. The Hall–Kier alpha value is -1.75. The van der Waals surface area contributed by atoms with E-state index in [9.17, 15) is 13.2 Å². The van der Waals surface area contributed by atoms with Gasteiger partial charge in [0.1, 0.15) is 11.5 Å². The Labute approximate surface area is 126 Å². The third kappa shape index (κ3) is 4.63. The highest BCUT2D eigenvalue weighted by Gasteiger charge is 2.32. The summed E-state index contributed by atoms with van der Waals surface area (Å²) in [5, 5.41) is 2.95. The van der Waals surface area contributed by atoms with Gasteiger partial charge in [-0.1, -0.05) is 36.4 Å². The average Bonchev–Trinajstić information content (AvgIpc) is 2.47. The van der Waals surface area contributed by atoms with Crippen molar-refractivity contribution in [2.24, 2.45) is 0 Å². The summed E-state index contributed by atoms with van der Waals surface area (Å²) in [6.07, 6.45) is -3.84. The first-order chi connectivity index (χ1) is 9.99. The van der Waals surface area contributed by atoms with E-state index >= 15 is 0 Å². The standard InChI is InChI=1S/C15H14ClF3N2/c16-10-12(9-11-5-2-1-3-6-11)20-14-8-4-7-13(21-14)15(17,18)19/h1-8,12H,9-10H2,(H,20,21). The smallest absolute Gasteiger partial charge is 0.366 e. The quantitative estimate of drug-likeness (QED) is 0.829. The Kier molecular flexibility index (Phi) is 5.07. The van der Waals surface area contributed by atoms with Crippen molar-refractivity contribution >= 4 is 17.4 Å². The molecule has 112 valence electrons. The lowest BCUT2D eigenvalue weighted by atomic mass is 10.1. The van der Waals surface area contributed by atoms with Crippen molar-refractivity contribution in [3.63, 3.8) is 0 Å². The third-order valence-electron chi connectivity index (χ3n) is 2.90. The zero-order valence-electron chi connectivity index (χ0n) is 11.1. The molecule has 0 saturated heterocycles. The number of nitrogens with zero attached hydrogens (tertiary/aromatic N) is 1. The van der Waals surface area contributed by atoms with Gasteiger partial charge >= 0.3 is 6.18 Å². The van der Waals surface area contributed by atoms with Crippen molar-refractivity contribution in [2.45, 2.75) is 18.6 Å². The van der Waals surface area contributed by atoms with Crippen LogP contribution in [0.4, 0.5) is 19.0 Å². The molecule has 0 aliphatic carbocycles. The molecule has 21 heavy (non-hydrogen) atoms. The molecule has 1 heterocycles. The molecule has 1 atom stereocenters. The van der Waals surface area contributed by atoms with Crippen molar-refractivity contribution < 1.29 is 13.2 Å². The number of hydrogen-bond donors (Lipinski definition) is 1. The van der Waals surface area contributed by atoms with Crippen LogP contribution in [0, 0.1) is 0 Å². The highest BCUT2D eigenvalue weighted by atomic mass is 35.5. The molecule has 0 bridgehead atoms. The van der Waals surface area contributed by atoms with Crippen LogP contribution in [-0.4, -0.2) is 16.9 Å². The van der Waals surface area contributed by atoms with Crippen LogP contribution in [0.25, 0.3) is 0 Å².